The lowest BCUT2D eigenvalue weighted by Gasteiger charge is -2.15. The molecule has 3 N–H and O–H groups in total. The normalized spacial score (nSPS) is 15.5. The number of amides is 2. The lowest BCUT2D eigenvalue weighted by Crippen LogP contribution is -2.41. The summed E-state index contributed by atoms with van der Waals surface area (Å²) in [5.74, 6) is -0.228. The molecule has 0 aliphatic carbocycles. The van der Waals surface area contributed by atoms with Crippen molar-refractivity contribution in [1.82, 2.24) is 20.4 Å². The van der Waals surface area contributed by atoms with Crippen molar-refractivity contribution in [2.75, 3.05) is 25.0 Å². The van der Waals surface area contributed by atoms with Gasteiger partial charge in [0, 0.05) is 30.1 Å². The van der Waals surface area contributed by atoms with Crippen LogP contribution in [0.15, 0.2) is 54.7 Å². The first-order valence-electron chi connectivity index (χ1n) is 11.5. The van der Waals surface area contributed by atoms with Crippen LogP contribution in [0.25, 0.3) is 11.3 Å². The average molecular weight is 502 g/mol. The first-order chi connectivity index (χ1) is 17.2. The van der Waals surface area contributed by atoms with Crippen LogP contribution in [-0.2, 0) is 18.0 Å². The number of aryl methyl sites for hydroxylation is 1. The third-order valence-electron chi connectivity index (χ3n) is 5.82. The topological polar surface area (TPSA) is 97.3 Å². The number of hydrogen-bond donors (Lipinski definition) is 3. The Hall–Kier alpha value is -3.86. The Morgan fingerprint density at radius 2 is 2.03 bits per heavy atom. The summed E-state index contributed by atoms with van der Waals surface area (Å²) in [7, 11) is 1.75. The second-order valence-corrected chi connectivity index (χ2v) is 8.37. The number of halogens is 3. The molecule has 0 saturated carbocycles. The molecule has 2 heterocycles. The maximum Gasteiger partial charge on any atom is 0.416 e. The molecular weight excluding hydrogens is 475 g/mol. The summed E-state index contributed by atoms with van der Waals surface area (Å²) in [6.07, 6.45) is -1.15. The molecule has 36 heavy (non-hydrogen) atoms. The van der Waals surface area contributed by atoms with Gasteiger partial charge in [-0.3, -0.25) is 14.3 Å². The zero-order valence-corrected chi connectivity index (χ0v) is 19.6. The molecule has 2 amide bonds. The third-order valence-corrected chi connectivity index (χ3v) is 5.82. The van der Waals surface area contributed by atoms with Crippen molar-refractivity contribution in [2.24, 2.45) is 7.05 Å². The highest BCUT2D eigenvalue weighted by Gasteiger charge is 2.31. The van der Waals surface area contributed by atoms with Gasteiger partial charge in [-0.25, -0.2) is 0 Å². The van der Waals surface area contributed by atoms with Gasteiger partial charge in [-0.1, -0.05) is 6.07 Å². The standard InChI is InChI=1S/C25H26F3N5O3/c1-33-21(9-11-31-33)19-15-18(32-23(34)16-4-2-5-17(14-16)25(26,27)28)7-8-22(19)36-13-12-30-24(35)20-6-3-10-29-20/h2,4-5,7-9,11,14-15,20,29H,3,6,10,12-13H2,1H3,(H,30,35)(H,32,34)/t20-/m1/s1. The Balaban J connectivity index is 1.47. The van der Waals surface area contributed by atoms with Crippen LogP contribution in [-0.4, -0.2) is 47.3 Å². The van der Waals surface area contributed by atoms with Crippen molar-refractivity contribution in [3.8, 4) is 17.0 Å². The van der Waals surface area contributed by atoms with Crippen molar-refractivity contribution < 1.29 is 27.5 Å². The number of rotatable bonds is 8. The second-order valence-electron chi connectivity index (χ2n) is 8.37. The largest absolute Gasteiger partial charge is 0.491 e. The van der Waals surface area contributed by atoms with Crippen LogP contribution in [0.5, 0.6) is 5.75 Å². The van der Waals surface area contributed by atoms with Crippen LogP contribution in [0.1, 0.15) is 28.8 Å². The van der Waals surface area contributed by atoms with Crippen molar-refractivity contribution in [1.29, 1.82) is 0 Å². The van der Waals surface area contributed by atoms with Crippen LogP contribution in [0.3, 0.4) is 0 Å². The fourth-order valence-corrected chi connectivity index (χ4v) is 3.98. The van der Waals surface area contributed by atoms with Gasteiger partial charge < -0.3 is 20.7 Å². The van der Waals surface area contributed by atoms with Crippen molar-refractivity contribution in [3.63, 3.8) is 0 Å². The number of hydrogen-bond acceptors (Lipinski definition) is 5. The fraction of sp³-hybridized carbons (Fsp3) is 0.320. The van der Waals surface area contributed by atoms with Gasteiger partial charge in [-0.05, 0) is 61.9 Å². The number of carbonyl (C=O) groups excluding carboxylic acids is 2. The molecule has 1 aliphatic rings. The quantitative estimate of drug-likeness (QED) is 0.410. The van der Waals surface area contributed by atoms with E-state index in [1.54, 1.807) is 42.2 Å². The van der Waals surface area contributed by atoms with Gasteiger partial charge in [-0.2, -0.15) is 18.3 Å². The SMILES string of the molecule is Cn1nccc1-c1cc(NC(=O)c2cccc(C(F)(F)F)c2)ccc1OCCNC(=O)[C@H]1CCCN1. The minimum Gasteiger partial charge on any atom is -0.491 e. The molecule has 190 valence electrons. The van der Waals surface area contributed by atoms with Gasteiger partial charge in [0.25, 0.3) is 5.91 Å². The smallest absolute Gasteiger partial charge is 0.416 e. The zero-order valence-electron chi connectivity index (χ0n) is 19.6. The molecule has 1 aliphatic heterocycles. The first kappa shape index (κ1) is 25.2. The molecular formula is C25H26F3N5O3. The molecule has 1 atom stereocenters. The van der Waals surface area contributed by atoms with E-state index in [0.29, 0.717) is 29.2 Å². The Morgan fingerprint density at radius 3 is 2.72 bits per heavy atom. The Bertz CT molecular complexity index is 1240. The van der Waals surface area contributed by atoms with E-state index in [0.717, 1.165) is 31.5 Å². The molecule has 1 aromatic heterocycles. The molecule has 4 rings (SSSR count). The summed E-state index contributed by atoms with van der Waals surface area (Å²) in [4.78, 5) is 24.8. The van der Waals surface area contributed by atoms with Crippen molar-refractivity contribution >= 4 is 17.5 Å². The monoisotopic (exact) mass is 501 g/mol. The minimum absolute atomic E-state index is 0.0596. The number of ether oxygens (including phenoxy) is 1. The maximum atomic E-state index is 13.0. The van der Waals surface area contributed by atoms with Crippen LogP contribution in [0.4, 0.5) is 18.9 Å². The fourth-order valence-electron chi connectivity index (χ4n) is 3.98. The van der Waals surface area contributed by atoms with Crippen LogP contribution >= 0.6 is 0 Å². The number of benzene rings is 2. The minimum atomic E-state index is -4.55. The number of carbonyl (C=O) groups is 2. The highest BCUT2D eigenvalue weighted by Crippen LogP contribution is 2.33. The second kappa shape index (κ2) is 10.8. The highest BCUT2D eigenvalue weighted by atomic mass is 19.4. The lowest BCUT2D eigenvalue weighted by atomic mass is 10.1. The van der Waals surface area contributed by atoms with Gasteiger partial charge in [0.05, 0.1) is 23.8 Å². The van der Waals surface area contributed by atoms with Crippen LogP contribution in [0.2, 0.25) is 0 Å². The van der Waals surface area contributed by atoms with Crippen molar-refractivity contribution in [2.45, 2.75) is 25.1 Å². The molecule has 1 fully saturated rings. The Kier molecular flexibility index (Phi) is 7.58. The molecule has 1 saturated heterocycles. The highest BCUT2D eigenvalue weighted by molar-refractivity contribution is 6.04. The van der Waals surface area contributed by atoms with E-state index >= 15 is 0 Å². The Labute approximate surface area is 205 Å². The molecule has 2 aromatic carbocycles. The molecule has 8 nitrogen and oxygen atoms in total. The number of alkyl halides is 3. The molecule has 3 aromatic rings. The summed E-state index contributed by atoms with van der Waals surface area (Å²) >= 11 is 0. The van der Waals surface area contributed by atoms with E-state index in [1.165, 1.54) is 12.1 Å². The van der Waals surface area contributed by atoms with Gasteiger partial charge >= 0.3 is 6.18 Å². The number of aromatic nitrogens is 2. The number of nitrogens with zero attached hydrogens (tertiary/aromatic N) is 2. The molecule has 0 unspecified atom stereocenters. The van der Waals surface area contributed by atoms with Gasteiger partial charge in [0.2, 0.25) is 5.91 Å². The van der Waals surface area contributed by atoms with Gasteiger partial charge in [-0.15, -0.1) is 0 Å². The van der Waals surface area contributed by atoms with E-state index in [2.05, 4.69) is 21.0 Å². The van der Waals surface area contributed by atoms with Crippen molar-refractivity contribution in [3.05, 3.63) is 65.9 Å². The summed E-state index contributed by atoms with van der Waals surface area (Å²) in [6.45, 7) is 1.37. The summed E-state index contributed by atoms with van der Waals surface area (Å²) in [5, 5.41) is 12.8. The Morgan fingerprint density at radius 1 is 1.19 bits per heavy atom. The number of nitrogens with one attached hydrogen (secondary N) is 3. The maximum absolute atomic E-state index is 13.0. The predicted molar refractivity (Wildman–Crippen MR) is 128 cm³/mol. The third kappa shape index (κ3) is 6.03. The molecule has 0 radical (unpaired) electrons. The van der Waals surface area contributed by atoms with Crippen LogP contribution < -0.4 is 20.7 Å². The molecule has 0 spiro atoms. The first-order valence-corrected chi connectivity index (χ1v) is 11.5. The molecule has 0 bridgehead atoms. The zero-order chi connectivity index (χ0) is 25.7. The predicted octanol–water partition coefficient (Wildman–Crippen LogP) is 3.61. The van der Waals surface area contributed by atoms with Gasteiger partial charge in [0.1, 0.15) is 12.4 Å². The van der Waals surface area contributed by atoms with Gasteiger partial charge in [0.15, 0.2) is 0 Å². The number of anilines is 1. The summed E-state index contributed by atoms with van der Waals surface area (Å²) in [6, 6.07) is 10.8. The van der Waals surface area contributed by atoms with E-state index in [4.69, 9.17) is 4.74 Å². The summed E-state index contributed by atoms with van der Waals surface area (Å²) in [5.41, 5.74) is 0.701. The van der Waals surface area contributed by atoms with E-state index in [9.17, 15) is 22.8 Å². The van der Waals surface area contributed by atoms with E-state index < -0.39 is 17.6 Å². The van der Waals surface area contributed by atoms with E-state index in [-0.39, 0.29) is 24.1 Å². The average Bonchev–Trinajstić information content (AvgIpc) is 3.54. The lowest BCUT2D eigenvalue weighted by molar-refractivity contribution is -0.137. The molecule has 11 heteroatoms. The van der Waals surface area contributed by atoms with Crippen LogP contribution in [0, 0.1) is 0 Å². The van der Waals surface area contributed by atoms with E-state index in [1.807, 2.05) is 0 Å². The summed E-state index contributed by atoms with van der Waals surface area (Å²) < 4.78 is 46.6.